The second-order valence-corrected chi connectivity index (χ2v) is 6.63. The largest absolute Gasteiger partial charge is 0.447 e. The SMILES string of the molecule is CN(C[C@H](O)CNC(=O)OC(C)(C)C)C(=O)OC[C@H]1CCCO1. The average Bonchev–Trinajstić information content (AvgIpc) is 2.93. The van der Waals surface area contributed by atoms with Gasteiger partial charge < -0.3 is 29.5 Å². The molecule has 8 heteroatoms. The third kappa shape index (κ3) is 8.61. The molecule has 1 aliphatic rings. The molecular formula is C15H28N2O6. The van der Waals surface area contributed by atoms with Crippen LogP contribution in [0.1, 0.15) is 33.6 Å². The molecular weight excluding hydrogens is 304 g/mol. The van der Waals surface area contributed by atoms with Crippen molar-refractivity contribution in [2.24, 2.45) is 0 Å². The van der Waals surface area contributed by atoms with Crippen LogP contribution in [0.2, 0.25) is 0 Å². The van der Waals surface area contributed by atoms with E-state index in [1.165, 1.54) is 11.9 Å². The fraction of sp³-hybridized carbons (Fsp3) is 0.867. The van der Waals surface area contributed by atoms with Crippen molar-refractivity contribution in [3.05, 3.63) is 0 Å². The second kappa shape index (κ2) is 8.93. The Hall–Kier alpha value is -1.54. The summed E-state index contributed by atoms with van der Waals surface area (Å²) >= 11 is 0. The van der Waals surface area contributed by atoms with E-state index in [0.717, 1.165) is 12.8 Å². The molecule has 1 fully saturated rings. The molecule has 2 atom stereocenters. The maximum absolute atomic E-state index is 11.8. The Kier molecular flexibility index (Phi) is 7.57. The Balaban J connectivity index is 2.20. The van der Waals surface area contributed by atoms with E-state index in [0.29, 0.717) is 6.61 Å². The van der Waals surface area contributed by atoms with Gasteiger partial charge in [-0.25, -0.2) is 9.59 Å². The summed E-state index contributed by atoms with van der Waals surface area (Å²) in [6.45, 7) is 6.20. The van der Waals surface area contributed by atoms with Crippen molar-refractivity contribution in [3.8, 4) is 0 Å². The molecule has 1 rings (SSSR count). The Morgan fingerprint density at radius 2 is 2.13 bits per heavy atom. The van der Waals surface area contributed by atoms with Crippen molar-refractivity contribution in [3.63, 3.8) is 0 Å². The number of aliphatic hydroxyl groups is 1. The zero-order valence-corrected chi connectivity index (χ0v) is 14.3. The van der Waals surface area contributed by atoms with Crippen LogP contribution in [-0.4, -0.2) is 73.4 Å². The Morgan fingerprint density at radius 3 is 2.70 bits per heavy atom. The van der Waals surface area contributed by atoms with Crippen LogP contribution in [0.5, 0.6) is 0 Å². The molecule has 0 aromatic heterocycles. The van der Waals surface area contributed by atoms with E-state index in [4.69, 9.17) is 14.2 Å². The van der Waals surface area contributed by atoms with Gasteiger partial charge in [0.2, 0.25) is 0 Å². The first-order chi connectivity index (χ1) is 10.7. The lowest BCUT2D eigenvalue weighted by atomic mass is 10.2. The number of nitrogens with zero attached hydrogens (tertiary/aromatic N) is 1. The smallest absolute Gasteiger partial charge is 0.409 e. The number of hydrogen-bond acceptors (Lipinski definition) is 6. The molecule has 23 heavy (non-hydrogen) atoms. The van der Waals surface area contributed by atoms with Crippen molar-refractivity contribution in [2.75, 3.05) is 33.4 Å². The molecule has 0 aromatic rings. The Bertz CT molecular complexity index is 390. The number of hydrogen-bond donors (Lipinski definition) is 2. The molecule has 0 aromatic carbocycles. The van der Waals surface area contributed by atoms with Crippen molar-refractivity contribution in [1.82, 2.24) is 10.2 Å². The van der Waals surface area contributed by atoms with Gasteiger partial charge in [0.05, 0.1) is 18.8 Å². The van der Waals surface area contributed by atoms with E-state index in [2.05, 4.69) is 5.32 Å². The van der Waals surface area contributed by atoms with Crippen molar-refractivity contribution < 1.29 is 28.9 Å². The molecule has 1 saturated heterocycles. The number of ether oxygens (including phenoxy) is 3. The van der Waals surface area contributed by atoms with Crippen LogP contribution in [0.25, 0.3) is 0 Å². The van der Waals surface area contributed by atoms with Crippen LogP contribution in [-0.2, 0) is 14.2 Å². The summed E-state index contributed by atoms with van der Waals surface area (Å²) in [6.07, 6.45) is -0.224. The highest BCUT2D eigenvalue weighted by molar-refractivity contribution is 5.68. The lowest BCUT2D eigenvalue weighted by Crippen LogP contribution is -2.42. The van der Waals surface area contributed by atoms with Crippen LogP contribution in [0.3, 0.4) is 0 Å². The highest BCUT2D eigenvalue weighted by Gasteiger charge is 2.21. The van der Waals surface area contributed by atoms with Gasteiger partial charge in [0.1, 0.15) is 12.2 Å². The van der Waals surface area contributed by atoms with E-state index in [1.54, 1.807) is 20.8 Å². The molecule has 0 radical (unpaired) electrons. The van der Waals surface area contributed by atoms with E-state index >= 15 is 0 Å². The fourth-order valence-corrected chi connectivity index (χ4v) is 2.02. The van der Waals surface area contributed by atoms with Crippen LogP contribution in [0.4, 0.5) is 9.59 Å². The number of likely N-dealkylation sites (N-methyl/N-ethyl adjacent to an activating group) is 1. The zero-order valence-electron chi connectivity index (χ0n) is 14.3. The van der Waals surface area contributed by atoms with Gasteiger partial charge >= 0.3 is 12.2 Å². The lowest BCUT2D eigenvalue weighted by molar-refractivity contribution is 0.0262. The number of rotatable bonds is 6. The highest BCUT2D eigenvalue weighted by atomic mass is 16.6. The summed E-state index contributed by atoms with van der Waals surface area (Å²) in [6, 6.07) is 0. The van der Waals surface area contributed by atoms with Gasteiger partial charge in [0, 0.05) is 20.2 Å². The summed E-state index contributed by atoms with van der Waals surface area (Å²) in [7, 11) is 1.52. The van der Waals surface area contributed by atoms with E-state index in [9.17, 15) is 14.7 Å². The summed E-state index contributed by atoms with van der Waals surface area (Å²) in [5.41, 5.74) is -0.599. The molecule has 1 heterocycles. The molecule has 0 aliphatic carbocycles. The molecule has 134 valence electrons. The Labute approximate surface area is 137 Å². The van der Waals surface area contributed by atoms with Gasteiger partial charge in [-0.05, 0) is 33.6 Å². The van der Waals surface area contributed by atoms with Crippen molar-refractivity contribution >= 4 is 12.2 Å². The average molecular weight is 332 g/mol. The lowest BCUT2D eigenvalue weighted by Gasteiger charge is -2.23. The van der Waals surface area contributed by atoms with Gasteiger partial charge in [0.15, 0.2) is 0 Å². The molecule has 1 aliphatic heterocycles. The van der Waals surface area contributed by atoms with Gasteiger partial charge in [-0.3, -0.25) is 0 Å². The molecule has 2 N–H and O–H groups in total. The van der Waals surface area contributed by atoms with E-state index < -0.39 is 23.9 Å². The normalized spacial score (nSPS) is 19.1. The standard InChI is InChI=1S/C15H28N2O6/c1-15(2,3)23-13(19)16-8-11(18)9-17(4)14(20)22-10-12-6-5-7-21-12/h11-12,18H,5-10H2,1-4H3,(H,16,19)/t11-,12-/m1/s1. The summed E-state index contributed by atoms with van der Waals surface area (Å²) in [5, 5.41) is 12.3. The van der Waals surface area contributed by atoms with E-state index in [-0.39, 0.29) is 25.8 Å². The van der Waals surface area contributed by atoms with E-state index in [1.807, 2.05) is 0 Å². The molecule has 0 saturated carbocycles. The summed E-state index contributed by atoms with van der Waals surface area (Å²) in [4.78, 5) is 24.5. The third-order valence-corrected chi connectivity index (χ3v) is 3.09. The first kappa shape index (κ1) is 19.5. The van der Waals surface area contributed by atoms with Crippen LogP contribution >= 0.6 is 0 Å². The minimum atomic E-state index is -0.914. The van der Waals surface area contributed by atoms with Gasteiger partial charge in [-0.2, -0.15) is 0 Å². The molecule has 8 nitrogen and oxygen atoms in total. The summed E-state index contributed by atoms with van der Waals surface area (Å²) < 4.78 is 15.5. The van der Waals surface area contributed by atoms with Gasteiger partial charge in [0.25, 0.3) is 0 Å². The molecule has 0 bridgehead atoms. The number of nitrogens with one attached hydrogen (secondary N) is 1. The molecule has 0 unspecified atom stereocenters. The first-order valence-corrected chi connectivity index (χ1v) is 7.82. The number of carbonyl (C=O) groups excluding carboxylic acids is 2. The fourth-order valence-electron chi connectivity index (χ4n) is 2.02. The number of alkyl carbamates (subject to hydrolysis) is 1. The quantitative estimate of drug-likeness (QED) is 0.756. The van der Waals surface area contributed by atoms with Gasteiger partial charge in [-0.1, -0.05) is 0 Å². The maximum atomic E-state index is 11.8. The van der Waals surface area contributed by atoms with Crippen molar-refractivity contribution in [2.45, 2.75) is 51.4 Å². The maximum Gasteiger partial charge on any atom is 0.409 e. The Morgan fingerprint density at radius 1 is 1.43 bits per heavy atom. The molecule has 2 amide bonds. The monoisotopic (exact) mass is 332 g/mol. The third-order valence-electron chi connectivity index (χ3n) is 3.09. The van der Waals surface area contributed by atoms with Crippen LogP contribution in [0.15, 0.2) is 0 Å². The minimum Gasteiger partial charge on any atom is -0.447 e. The number of aliphatic hydroxyl groups excluding tert-OH is 1. The predicted molar refractivity (Wildman–Crippen MR) is 83.2 cm³/mol. The zero-order chi connectivity index (χ0) is 17.5. The van der Waals surface area contributed by atoms with Crippen molar-refractivity contribution in [1.29, 1.82) is 0 Å². The predicted octanol–water partition coefficient (Wildman–Crippen LogP) is 1.12. The first-order valence-electron chi connectivity index (χ1n) is 7.82. The van der Waals surface area contributed by atoms with Crippen LogP contribution in [0, 0.1) is 0 Å². The summed E-state index contributed by atoms with van der Waals surface area (Å²) in [5.74, 6) is 0. The number of carbonyl (C=O) groups is 2. The van der Waals surface area contributed by atoms with Crippen LogP contribution < -0.4 is 5.32 Å². The topological polar surface area (TPSA) is 97.3 Å². The van der Waals surface area contributed by atoms with Gasteiger partial charge in [-0.15, -0.1) is 0 Å². The second-order valence-electron chi connectivity index (χ2n) is 6.63. The highest BCUT2D eigenvalue weighted by Crippen LogP contribution is 2.12. The number of amides is 2. The molecule has 0 spiro atoms. The minimum absolute atomic E-state index is 0.0156.